The second kappa shape index (κ2) is 4.99. The Kier molecular flexibility index (Phi) is 3.74. The van der Waals surface area contributed by atoms with E-state index in [-0.39, 0.29) is 10.9 Å². The third-order valence-electron chi connectivity index (χ3n) is 2.92. The van der Waals surface area contributed by atoms with Crippen LogP contribution in [0.15, 0.2) is 33.6 Å². The van der Waals surface area contributed by atoms with Crippen LogP contribution in [0.1, 0.15) is 12.8 Å². The molecule has 0 amide bonds. The normalized spacial score (nSPS) is 23.4. The highest BCUT2D eigenvalue weighted by atomic mass is 79.9. The van der Waals surface area contributed by atoms with Crippen molar-refractivity contribution < 1.29 is 18.3 Å². The summed E-state index contributed by atoms with van der Waals surface area (Å²) in [4.78, 5) is 10.8. The molecular weight excluding hydrogens is 322 g/mol. The number of benzene rings is 1. The molecule has 0 bridgehead atoms. The fraction of sp³-hybridized carbons (Fsp3) is 0.364. The Bertz CT molecular complexity index is 566. The van der Waals surface area contributed by atoms with Gasteiger partial charge in [-0.3, -0.25) is 4.79 Å². The average molecular weight is 334 g/mol. The van der Waals surface area contributed by atoms with Crippen molar-refractivity contribution in [1.29, 1.82) is 0 Å². The number of halogens is 1. The molecule has 0 radical (unpaired) electrons. The monoisotopic (exact) mass is 333 g/mol. The van der Waals surface area contributed by atoms with Crippen LogP contribution < -0.4 is 4.72 Å². The van der Waals surface area contributed by atoms with E-state index in [2.05, 4.69) is 20.7 Å². The summed E-state index contributed by atoms with van der Waals surface area (Å²) < 4.78 is 27.2. The summed E-state index contributed by atoms with van der Waals surface area (Å²) in [5.41, 5.74) is 0. The maximum atomic E-state index is 12.0. The van der Waals surface area contributed by atoms with E-state index < -0.39 is 21.9 Å². The van der Waals surface area contributed by atoms with Crippen molar-refractivity contribution in [3.05, 3.63) is 28.7 Å². The van der Waals surface area contributed by atoms with Crippen molar-refractivity contribution in [1.82, 2.24) is 4.72 Å². The predicted octanol–water partition coefficient (Wildman–Crippen LogP) is 1.59. The van der Waals surface area contributed by atoms with Crippen LogP contribution >= 0.6 is 15.9 Å². The van der Waals surface area contributed by atoms with Gasteiger partial charge in [-0.25, -0.2) is 13.1 Å². The van der Waals surface area contributed by atoms with Gasteiger partial charge in [0.15, 0.2) is 0 Å². The van der Waals surface area contributed by atoms with Crippen molar-refractivity contribution in [2.75, 3.05) is 0 Å². The minimum Gasteiger partial charge on any atom is -0.481 e. The summed E-state index contributed by atoms with van der Waals surface area (Å²) in [7, 11) is -3.56. The summed E-state index contributed by atoms with van der Waals surface area (Å²) in [6, 6.07) is 6.10. The molecule has 18 heavy (non-hydrogen) atoms. The molecule has 0 spiro atoms. The number of aliphatic carboxylic acids is 1. The molecule has 5 nitrogen and oxygen atoms in total. The molecular formula is C11H12BrNO4S. The fourth-order valence-corrected chi connectivity index (χ4v) is 3.70. The zero-order chi connectivity index (χ0) is 13.3. The number of hydrogen-bond donors (Lipinski definition) is 2. The number of carboxylic acids is 1. The number of rotatable bonds is 4. The van der Waals surface area contributed by atoms with E-state index in [1.807, 2.05) is 0 Å². The first-order valence-electron chi connectivity index (χ1n) is 5.39. The summed E-state index contributed by atoms with van der Waals surface area (Å²) in [6.45, 7) is 0. The zero-order valence-corrected chi connectivity index (χ0v) is 11.7. The van der Waals surface area contributed by atoms with Crippen LogP contribution in [0, 0.1) is 5.92 Å². The highest BCUT2D eigenvalue weighted by Gasteiger charge is 2.36. The number of hydrogen-bond acceptors (Lipinski definition) is 3. The van der Waals surface area contributed by atoms with Crippen LogP contribution in [0.5, 0.6) is 0 Å². The molecule has 0 heterocycles. The molecule has 0 aromatic heterocycles. The van der Waals surface area contributed by atoms with E-state index in [0.29, 0.717) is 17.3 Å². The van der Waals surface area contributed by atoms with Gasteiger partial charge in [0.05, 0.1) is 10.8 Å². The highest BCUT2D eigenvalue weighted by Crippen LogP contribution is 2.29. The van der Waals surface area contributed by atoms with Gasteiger partial charge in [0.1, 0.15) is 0 Å². The van der Waals surface area contributed by atoms with Gasteiger partial charge in [-0.1, -0.05) is 22.0 Å². The molecule has 1 aliphatic carbocycles. The average Bonchev–Trinajstić information content (AvgIpc) is 2.22. The molecule has 1 aromatic rings. The third kappa shape index (κ3) is 2.90. The van der Waals surface area contributed by atoms with Crippen molar-refractivity contribution in [2.45, 2.75) is 23.8 Å². The van der Waals surface area contributed by atoms with Crippen LogP contribution in [0.4, 0.5) is 0 Å². The molecule has 0 aliphatic heterocycles. The Morgan fingerprint density at radius 2 is 2.06 bits per heavy atom. The Morgan fingerprint density at radius 3 is 2.61 bits per heavy atom. The van der Waals surface area contributed by atoms with Gasteiger partial charge in [0, 0.05) is 10.5 Å². The Hall–Kier alpha value is -0.920. The Balaban J connectivity index is 2.03. The molecule has 2 N–H and O–H groups in total. The molecule has 2 rings (SSSR count). The first-order valence-corrected chi connectivity index (χ1v) is 7.67. The lowest BCUT2D eigenvalue weighted by molar-refractivity contribution is -0.145. The lowest BCUT2D eigenvalue weighted by atomic mass is 9.81. The van der Waals surface area contributed by atoms with Crippen molar-refractivity contribution >= 4 is 31.9 Å². The first-order chi connectivity index (χ1) is 8.38. The molecule has 98 valence electrons. The molecule has 1 aliphatic rings. The minimum absolute atomic E-state index is 0.177. The van der Waals surface area contributed by atoms with E-state index in [1.165, 1.54) is 12.1 Å². The summed E-state index contributed by atoms with van der Waals surface area (Å²) in [5.74, 6) is -1.30. The second-order valence-corrected chi connectivity index (χ2v) is 6.91. The molecule has 7 heteroatoms. The topological polar surface area (TPSA) is 83.5 Å². The van der Waals surface area contributed by atoms with Crippen LogP contribution in [-0.2, 0) is 14.8 Å². The van der Waals surface area contributed by atoms with E-state index >= 15 is 0 Å². The number of sulfonamides is 1. The second-order valence-electron chi connectivity index (χ2n) is 4.28. The van der Waals surface area contributed by atoms with E-state index in [9.17, 15) is 13.2 Å². The van der Waals surface area contributed by atoms with Crippen molar-refractivity contribution in [2.24, 2.45) is 5.92 Å². The molecule has 1 aromatic carbocycles. The van der Waals surface area contributed by atoms with E-state index in [4.69, 9.17) is 5.11 Å². The van der Waals surface area contributed by atoms with Crippen LogP contribution in [-0.4, -0.2) is 25.5 Å². The maximum absolute atomic E-state index is 12.0. The molecule has 0 saturated heterocycles. The summed E-state index contributed by atoms with van der Waals surface area (Å²) in [5, 5.41) is 8.72. The van der Waals surface area contributed by atoms with Gasteiger partial charge in [-0.15, -0.1) is 0 Å². The van der Waals surface area contributed by atoms with Gasteiger partial charge in [-0.05, 0) is 31.0 Å². The van der Waals surface area contributed by atoms with Crippen molar-refractivity contribution in [3.63, 3.8) is 0 Å². The Morgan fingerprint density at radius 1 is 1.39 bits per heavy atom. The number of nitrogens with one attached hydrogen (secondary N) is 1. The molecule has 0 unspecified atom stereocenters. The predicted molar refractivity (Wildman–Crippen MR) is 68.6 cm³/mol. The first kappa shape index (κ1) is 13.5. The summed E-state index contributed by atoms with van der Waals surface area (Å²) in [6.07, 6.45) is 0.700. The standard InChI is InChI=1S/C11H12BrNO4S/c12-8-2-1-3-10(6-8)18(16,17)13-9-4-7(5-9)11(14)15/h1-3,6-7,9,13H,4-5H2,(H,14,15). The fourth-order valence-electron chi connectivity index (χ4n) is 1.84. The maximum Gasteiger partial charge on any atom is 0.306 e. The van der Waals surface area contributed by atoms with Gasteiger partial charge < -0.3 is 5.11 Å². The third-order valence-corrected chi connectivity index (χ3v) is 4.93. The van der Waals surface area contributed by atoms with Crippen molar-refractivity contribution in [3.8, 4) is 0 Å². The van der Waals surface area contributed by atoms with Crippen LogP contribution in [0.25, 0.3) is 0 Å². The van der Waals surface area contributed by atoms with Gasteiger partial charge in [0.2, 0.25) is 10.0 Å². The Labute approximate surface area is 113 Å². The lowest BCUT2D eigenvalue weighted by Crippen LogP contribution is -2.46. The molecule has 0 atom stereocenters. The smallest absolute Gasteiger partial charge is 0.306 e. The van der Waals surface area contributed by atoms with Crippen LogP contribution in [0.3, 0.4) is 0 Å². The van der Waals surface area contributed by atoms with Gasteiger partial charge in [0.25, 0.3) is 0 Å². The van der Waals surface area contributed by atoms with Gasteiger partial charge in [-0.2, -0.15) is 0 Å². The van der Waals surface area contributed by atoms with Gasteiger partial charge >= 0.3 is 5.97 Å². The SMILES string of the molecule is O=C(O)C1CC(NS(=O)(=O)c2cccc(Br)c2)C1. The van der Waals surface area contributed by atoms with E-state index in [1.54, 1.807) is 12.1 Å². The largest absolute Gasteiger partial charge is 0.481 e. The molecule has 1 fully saturated rings. The lowest BCUT2D eigenvalue weighted by Gasteiger charge is -2.32. The zero-order valence-electron chi connectivity index (χ0n) is 9.34. The quantitative estimate of drug-likeness (QED) is 0.876. The van der Waals surface area contributed by atoms with Crippen LogP contribution in [0.2, 0.25) is 0 Å². The minimum atomic E-state index is -3.56. The molecule has 1 saturated carbocycles. The summed E-state index contributed by atoms with van der Waals surface area (Å²) >= 11 is 3.21. The highest BCUT2D eigenvalue weighted by molar-refractivity contribution is 9.10. The number of carbonyl (C=O) groups is 1. The number of carboxylic acid groups (broad SMARTS) is 1. The van der Waals surface area contributed by atoms with E-state index in [0.717, 1.165) is 0 Å².